The molecule has 2 aliphatic rings. The molecule has 1 heterocycles. The van der Waals surface area contributed by atoms with Gasteiger partial charge in [0.05, 0.1) is 22.3 Å². The molecule has 4 N–H and O–H groups in total. The van der Waals surface area contributed by atoms with E-state index < -0.39 is 0 Å². The first-order valence-corrected chi connectivity index (χ1v) is 6.91. The third-order valence-corrected chi connectivity index (χ3v) is 3.73. The Hall–Kier alpha value is -2.05. The smallest absolute Gasteiger partial charge is 0.262 e. The van der Waals surface area contributed by atoms with E-state index in [1.54, 1.807) is 18.2 Å². The van der Waals surface area contributed by atoms with E-state index in [1.807, 2.05) is 6.08 Å². The first-order valence-electron chi connectivity index (χ1n) is 6.54. The maximum absolute atomic E-state index is 12.1. The quantitative estimate of drug-likeness (QED) is 0.722. The fourth-order valence-electron chi connectivity index (χ4n) is 2.34. The molecule has 7 heteroatoms. The monoisotopic (exact) mass is 307 g/mol. The lowest BCUT2D eigenvalue weighted by Crippen LogP contribution is -2.26. The van der Waals surface area contributed by atoms with Crippen LogP contribution in [0.15, 0.2) is 24.3 Å². The van der Waals surface area contributed by atoms with Crippen LogP contribution in [0.25, 0.3) is 0 Å². The second-order valence-corrected chi connectivity index (χ2v) is 5.45. The minimum Gasteiger partial charge on any atom is -0.482 e. The summed E-state index contributed by atoms with van der Waals surface area (Å²) in [5.74, 6) is -0.179. The number of anilines is 2. The van der Waals surface area contributed by atoms with Gasteiger partial charge in [0, 0.05) is 12.1 Å². The molecule has 0 aromatic heterocycles. The van der Waals surface area contributed by atoms with Crippen molar-refractivity contribution >= 4 is 34.8 Å². The highest BCUT2D eigenvalue weighted by Gasteiger charge is 2.24. The molecule has 3 rings (SSSR count). The molecule has 0 saturated carbocycles. The zero-order chi connectivity index (χ0) is 15.0. The molecule has 21 heavy (non-hydrogen) atoms. The lowest BCUT2D eigenvalue weighted by Gasteiger charge is -2.20. The van der Waals surface area contributed by atoms with Crippen molar-refractivity contribution in [3.8, 4) is 5.75 Å². The van der Waals surface area contributed by atoms with Crippen LogP contribution in [0.5, 0.6) is 5.75 Å². The first kappa shape index (κ1) is 13.9. The van der Waals surface area contributed by atoms with Crippen molar-refractivity contribution in [2.24, 2.45) is 11.7 Å². The summed E-state index contributed by atoms with van der Waals surface area (Å²) in [6, 6.07) is 3.08. The van der Waals surface area contributed by atoms with Crippen LogP contribution < -0.4 is 21.1 Å². The number of carbonyl (C=O) groups is 2. The summed E-state index contributed by atoms with van der Waals surface area (Å²) < 4.78 is 5.30. The molecule has 0 spiro atoms. The zero-order valence-corrected chi connectivity index (χ0v) is 11.8. The zero-order valence-electron chi connectivity index (χ0n) is 11.1. The van der Waals surface area contributed by atoms with Crippen LogP contribution in [0.2, 0.25) is 5.02 Å². The molecule has 2 atom stereocenters. The SMILES string of the molecule is NC1C=CC(C(=O)Nc2cc3c(cc2Cl)NC(=O)CO3)C1. The van der Waals surface area contributed by atoms with Crippen LogP contribution in [-0.2, 0) is 9.59 Å². The second kappa shape index (κ2) is 5.38. The Morgan fingerprint density at radius 2 is 2.24 bits per heavy atom. The van der Waals surface area contributed by atoms with Crippen molar-refractivity contribution in [3.05, 3.63) is 29.3 Å². The molecule has 1 aliphatic carbocycles. The number of nitrogens with one attached hydrogen (secondary N) is 2. The molecule has 1 aliphatic heterocycles. The Kier molecular flexibility index (Phi) is 3.57. The molecule has 0 bridgehead atoms. The first-order chi connectivity index (χ1) is 10.0. The van der Waals surface area contributed by atoms with Gasteiger partial charge in [0.25, 0.3) is 5.91 Å². The van der Waals surface area contributed by atoms with Gasteiger partial charge >= 0.3 is 0 Å². The maximum atomic E-state index is 12.1. The minimum absolute atomic E-state index is 0.0533. The van der Waals surface area contributed by atoms with E-state index in [0.717, 1.165) is 0 Å². The number of fused-ring (bicyclic) bond motifs is 1. The van der Waals surface area contributed by atoms with Gasteiger partial charge in [0.1, 0.15) is 5.75 Å². The van der Waals surface area contributed by atoms with E-state index in [9.17, 15) is 9.59 Å². The molecule has 0 saturated heterocycles. The lowest BCUT2D eigenvalue weighted by molar-refractivity contribution is -0.119. The highest BCUT2D eigenvalue weighted by atomic mass is 35.5. The summed E-state index contributed by atoms with van der Waals surface area (Å²) in [5.41, 5.74) is 6.68. The normalized spacial score (nSPS) is 23.2. The third kappa shape index (κ3) is 2.86. The highest BCUT2D eigenvalue weighted by molar-refractivity contribution is 6.34. The number of hydrogen-bond acceptors (Lipinski definition) is 4. The number of benzene rings is 1. The van der Waals surface area contributed by atoms with Gasteiger partial charge < -0.3 is 21.1 Å². The minimum atomic E-state index is -0.257. The fraction of sp³-hybridized carbons (Fsp3) is 0.286. The molecular formula is C14H14ClN3O3. The van der Waals surface area contributed by atoms with Gasteiger partial charge in [-0.3, -0.25) is 9.59 Å². The number of ether oxygens (including phenoxy) is 1. The van der Waals surface area contributed by atoms with Gasteiger partial charge in [-0.2, -0.15) is 0 Å². The fourth-order valence-corrected chi connectivity index (χ4v) is 2.55. The van der Waals surface area contributed by atoms with Crippen LogP contribution in [0.1, 0.15) is 6.42 Å². The molecule has 2 amide bonds. The highest BCUT2D eigenvalue weighted by Crippen LogP contribution is 2.36. The van der Waals surface area contributed by atoms with Gasteiger partial charge in [-0.05, 0) is 12.5 Å². The van der Waals surface area contributed by atoms with Gasteiger partial charge in [0.15, 0.2) is 6.61 Å². The molecule has 1 aromatic rings. The van der Waals surface area contributed by atoms with Crippen LogP contribution in [-0.4, -0.2) is 24.5 Å². The Labute approximate surface area is 126 Å². The van der Waals surface area contributed by atoms with Gasteiger partial charge in [0.2, 0.25) is 5.91 Å². The van der Waals surface area contributed by atoms with Crippen molar-refractivity contribution < 1.29 is 14.3 Å². The summed E-state index contributed by atoms with van der Waals surface area (Å²) in [7, 11) is 0. The van der Waals surface area contributed by atoms with E-state index in [4.69, 9.17) is 22.1 Å². The molecular weight excluding hydrogens is 294 g/mol. The molecule has 6 nitrogen and oxygen atoms in total. The lowest BCUT2D eigenvalue weighted by atomic mass is 10.1. The second-order valence-electron chi connectivity index (χ2n) is 5.05. The summed E-state index contributed by atoms with van der Waals surface area (Å²) >= 11 is 6.12. The summed E-state index contributed by atoms with van der Waals surface area (Å²) in [6.07, 6.45) is 4.20. The Morgan fingerprint density at radius 1 is 1.43 bits per heavy atom. The van der Waals surface area contributed by atoms with Gasteiger partial charge in [-0.15, -0.1) is 0 Å². The summed E-state index contributed by atoms with van der Waals surface area (Å²) in [6.45, 7) is -0.0533. The van der Waals surface area contributed by atoms with Crippen molar-refractivity contribution in [2.45, 2.75) is 12.5 Å². The molecule has 110 valence electrons. The largest absolute Gasteiger partial charge is 0.482 e. The number of carbonyl (C=O) groups excluding carboxylic acids is 2. The average Bonchev–Trinajstić information content (AvgIpc) is 2.86. The Balaban J connectivity index is 1.78. The van der Waals surface area contributed by atoms with E-state index >= 15 is 0 Å². The third-order valence-electron chi connectivity index (χ3n) is 3.41. The predicted molar refractivity (Wildman–Crippen MR) is 79.4 cm³/mol. The van der Waals surface area contributed by atoms with Crippen LogP contribution in [0.3, 0.4) is 0 Å². The van der Waals surface area contributed by atoms with Crippen molar-refractivity contribution in [1.82, 2.24) is 0 Å². The maximum Gasteiger partial charge on any atom is 0.262 e. The van der Waals surface area contributed by atoms with E-state index in [1.165, 1.54) is 0 Å². The van der Waals surface area contributed by atoms with E-state index in [2.05, 4.69) is 10.6 Å². The average molecular weight is 308 g/mol. The van der Waals surface area contributed by atoms with E-state index in [-0.39, 0.29) is 30.4 Å². The number of halogens is 1. The van der Waals surface area contributed by atoms with Gasteiger partial charge in [-0.1, -0.05) is 23.8 Å². The van der Waals surface area contributed by atoms with E-state index in [0.29, 0.717) is 28.6 Å². The van der Waals surface area contributed by atoms with Crippen molar-refractivity contribution in [2.75, 3.05) is 17.2 Å². The molecule has 1 aromatic carbocycles. The summed E-state index contributed by atoms with van der Waals surface area (Å²) in [4.78, 5) is 23.4. The summed E-state index contributed by atoms with van der Waals surface area (Å²) in [5, 5.41) is 5.75. The predicted octanol–water partition coefficient (Wildman–Crippen LogP) is 1.51. The topological polar surface area (TPSA) is 93.5 Å². The number of rotatable bonds is 2. The number of amides is 2. The van der Waals surface area contributed by atoms with Crippen LogP contribution in [0.4, 0.5) is 11.4 Å². The van der Waals surface area contributed by atoms with Crippen LogP contribution >= 0.6 is 11.6 Å². The molecule has 2 unspecified atom stereocenters. The van der Waals surface area contributed by atoms with Crippen molar-refractivity contribution in [3.63, 3.8) is 0 Å². The van der Waals surface area contributed by atoms with Crippen LogP contribution in [0, 0.1) is 5.92 Å². The standard InChI is InChI=1S/C14H14ClN3O3/c15-9-4-11-12(21-6-13(19)17-11)5-10(9)18-14(20)7-1-2-8(16)3-7/h1-2,4-5,7-8H,3,6,16H2,(H,17,19)(H,18,20). The number of nitrogens with two attached hydrogens (primary N) is 1. The van der Waals surface area contributed by atoms with Crippen molar-refractivity contribution in [1.29, 1.82) is 0 Å². The number of hydrogen-bond donors (Lipinski definition) is 3. The molecule has 0 radical (unpaired) electrons. The Morgan fingerprint density at radius 3 is 2.95 bits per heavy atom. The van der Waals surface area contributed by atoms with Gasteiger partial charge in [-0.25, -0.2) is 0 Å². The Bertz CT molecular complexity index is 645. The molecule has 0 fully saturated rings.